The van der Waals surface area contributed by atoms with E-state index in [1.165, 1.54) is 0 Å². The molecule has 0 aliphatic carbocycles. The van der Waals surface area contributed by atoms with Crippen LogP contribution in [-0.4, -0.2) is 10.2 Å². The molecule has 0 unspecified atom stereocenters. The zero-order valence-corrected chi connectivity index (χ0v) is 7.69. The number of nitrogens with two attached hydrogens (primary N) is 2. The Labute approximate surface area is 80.7 Å². The Bertz CT molecular complexity index is 464. The number of anilines is 2. The third-order valence-corrected chi connectivity index (χ3v) is 1.88. The number of hydrogen-bond acceptors (Lipinski definition) is 5. The quantitative estimate of drug-likeness (QED) is 0.659. The minimum atomic E-state index is 0.0425. The second kappa shape index (κ2) is 3.02. The number of benzene rings is 1. The highest BCUT2D eigenvalue weighted by molar-refractivity contribution is 5.71. The van der Waals surface area contributed by atoms with Gasteiger partial charge in [0.15, 0.2) is 0 Å². The van der Waals surface area contributed by atoms with E-state index in [1.54, 1.807) is 6.07 Å². The summed E-state index contributed by atoms with van der Waals surface area (Å²) in [6.07, 6.45) is 0. The number of rotatable bonds is 1. The zero-order valence-electron chi connectivity index (χ0n) is 7.69. The van der Waals surface area contributed by atoms with Crippen molar-refractivity contribution in [1.29, 1.82) is 0 Å². The van der Waals surface area contributed by atoms with Crippen molar-refractivity contribution in [1.82, 2.24) is 10.2 Å². The van der Waals surface area contributed by atoms with Crippen molar-refractivity contribution in [3.05, 3.63) is 23.8 Å². The fourth-order valence-electron chi connectivity index (χ4n) is 1.20. The predicted octanol–water partition coefficient (Wildman–Crippen LogP) is 1.21. The third kappa shape index (κ3) is 1.39. The van der Waals surface area contributed by atoms with Gasteiger partial charge < -0.3 is 15.9 Å². The van der Waals surface area contributed by atoms with Crippen LogP contribution in [0.25, 0.3) is 11.5 Å². The van der Waals surface area contributed by atoms with Crippen molar-refractivity contribution >= 4 is 11.7 Å². The first kappa shape index (κ1) is 8.55. The standard InChI is InChI=1S/C9H10N4O/c1-5-2-3-7(10)6(4-5)8-12-13-9(11)14-8/h2-4H,10H2,1H3,(H2,11,13). The van der Waals surface area contributed by atoms with Crippen LogP contribution < -0.4 is 11.5 Å². The summed E-state index contributed by atoms with van der Waals surface area (Å²) in [5, 5.41) is 7.34. The Kier molecular flexibility index (Phi) is 1.85. The van der Waals surface area contributed by atoms with Crippen molar-refractivity contribution in [2.24, 2.45) is 0 Å². The molecular formula is C9H10N4O. The highest BCUT2D eigenvalue weighted by Crippen LogP contribution is 2.25. The molecule has 0 atom stereocenters. The van der Waals surface area contributed by atoms with Crippen LogP contribution in [0.3, 0.4) is 0 Å². The average molecular weight is 190 g/mol. The minimum Gasteiger partial charge on any atom is -0.403 e. The Hall–Kier alpha value is -2.04. The van der Waals surface area contributed by atoms with E-state index in [0.29, 0.717) is 17.1 Å². The first-order valence-electron chi connectivity index (χ1n) is 4.12. The van der Waals surface area contributed by atoms with Crippen molar-refractivity contribution < 1.29 is 4.42 Å². The molecule has 1 heterocycles. The van der Waals surface area contributed by atoms with Crippen LogP contribution in [0.5, 0.6) is 0 Å². The molecule has 1 aromatic carbocycles. The van der Waals surface area contributed by atoms with Gasteiger partial charge in [-0.2, -0.15) is 0 Å². The highest BCUT2D eigenvalue weighted by Gasteiger charge is 2.09. The van der Waals surface area contributed by atoms with Crippen LogP contribution in [0.15, 0.2) is 22.6 Å². The number of hydrogen-bond donors (Lipinski definition) is 2. The molecule has 2 rings (SSSR count). The Morgan fingerprint density at radius 2 is 2.00 bits per heavy atom. The van der Waals surface area contributed by atoms with Gasteiger partial charge in [0.1, 0.15) is 0 Å². The number of nitrogen functional groups attached to an aromatic ring is 2. The van der Waals surface area contributed by atoms with E-state index in [0.717, 1.165) is 5.56 Å². The summed E-state index contributed by atoms with van der Waals surface area (Å²) in [6.45, 7) is 1.96. The Morgan fingerprint density at radius 1 is 1.21 bits per heavy atom. The van der Waals surface area contributed by atoms with Crippen LogP contribution in [-0.2, 0) is 0 Å². The van der Waals surface area contributed by atoms with Crippen molar-refractivity contribution in [3.8, 4) is 11.5 Å². The SMILES string of the molecule is Cc1ccc(N)c(-c2nnc(N)o2)c1. The molecule has 14 heavy (non-hydrogen) atoms. The van der Waals surface area contributed by atoms with E-state index >= 15 is 0 Å². The van der Waals surface area contributed by atoms with Crippen LogP contribution in [0.1, 0.15) is 5.56 Å². The maximum atomic E-state index is 5.76. The summed E-state index contributed by atoms with van der Waals surface area (Å²) < 4.78 is 5.08. The molecule has 0 saturated carbocycles. The topological polar surface area (TPSA) is 91.0 Å². The average Bonchev–Trinajstić information content (AvgIpc) is 2.56. The molecule has 0 fully saturated rings. The van der Waals surface area contributed by atoms with E-state index in [9.17, 15) is 0 Å². The summed E-state index contributed by atoms with van der Waals surface area (Å²) in [5.74, 6) is 0.351. The lowest BCUT2D eigenvalue weighted by Crippen LogP contribution is -1.90. The molecule has 5 heteroatoms. The summed E-state index contributed by atoms with van der Waals surface area (Å²) >= 11 is 0. The minimum absolute atomic E-state index is 0.0425. The van der Waals surface area contributed by atoms with Gasteiger partial charge in [0.25, 0.3) is 5.89 Å². The van der Waals surface area contributed by atoms with Gasteiger partial charge in [-0.3, -0.25) is 0 Å². The maximum absolute atomic E-state index is 5.76. The highest BCUT2D eigenvalue weighted by atomic mass is 16.4. The van der Waals surface area contributed by atoms with E-state index in [2.05, 4.69) is 10.2 Å². The van der Waals surface area contributed by atoms with Gasteiger partial charge in [-0.05, 0) is 19.1 Å². The monoisotopic (exact) mass is 190 g/mol. The molecule has 72 valence electrons. The molecule has 5 nitrogen and oxygen atoms in total. The van der Waals surface area contributed by atoms with Crippen LogP contribution in [0, 0.1) is 6.92 Å². The summed E-state index contributed by atoms with van der Waals surface area (Å²) in [7, 11) is 0. The fourth-order valence-corrected chi connectivity index (χ4v) is 1.20. The molecule has 0 radical (unpaired) electrons. The van der Waals surface area contributed by atoms with E-state index in [-0.39, 0.29) is 6.01 Å². The number of aryl methyl sites for hydroxylation is 1. The molecule has 0 saturated heterocycles. The van der Waals surface area contributed by atoms with Crippen LogP contribution >= 0.6 is 0 Å². The molecule has 2 aromatic rings. The first-order chi connectivity index (χ1) is 6.66. The second-order valence-electron chi connectivity index (χ2n) is 3.04. The van der Waals surface area contributed by atoms with Crippen LogP contribution in [0.2, 0.25) is 0 Å². The number of aromatic nitrogens is 2. The fraction of sp³-hybridized carbons (Fsp3) is 0.111. The largest absolute Gasteiger partial charge is 0.403 e. The summed E-state index contributed by atoms with van der Waals surface area (Å²) in [6, 6.07) is 5.63. The lowest BCUT2D eigenvalue weighted by Gasteiger charge is -2.01. The van der Waals surface area contributed by atoms with Gasteiger partial charge in [0, 0.05) is 5.69 Å². The molecule has 0 aliphatic heterocycles. The molecule has 0 bridgehead atoms. The first-order valence-corrected chi connectivity index (χ1v) is 4.12. The predicted molar refractivity (Wildman–Crippen MR) is 53.3 cm³/mol. The molecule has 4 N–H and O–H groups in total. The van der Waals surface area contributed by atoms with E-state index < -0.39 is 0 Å². The zero-order chi connectivity index (χ0) is 10.1. The number of nitrogens with zero attached hydrogens (tertiary/aromatic N) is 2. The third-order valence-electron chi connectivity index (χ3n) is 1.88. The van der Waals surface area contributed by atoms with Crippen molar-refractivity contribution in [2.45, 2.75) is 6.92 Å². The normalized spacial score (nSPS) is 10.4. The van der Waals surface area contributed by atoms with E-state index in [1.807, 2.05) is 19.1 Å². The van der Waals surface area contributed by atoms with Crippen molar-refractivity contribution in [2.75, 3.05) is 11.5 Å². The lowest BCUT2D eigenvalue weighted by molar-refractivity contribution is 0.590. The molecule has 0 spiro atoms. The van der Waals surface area contributed by atoms with Gasteiger partial charge in [-0.1, -0.05) is 16.7 Å². The van der Waals surface area contributed by atoms with E-state index in [4.69, 9.17) is 15.9 Å². The van der Waals surface area contributed by atoms with Crippen LogP contribution in [0.4, 0.5) is 11.7 Å². The maximum Gasteiger partial charge on any atom is 0.313 e. The Balaban J connectivity index is 2.55. The van der Waals surface area contributed by atoms with Gasteiger partial charge in [-0.25, -0.2) is 0 Å². The molecule has 0 amide bonds. The van der Waals surface area contributed by atoms with Gasteiger partial charge in [0.05, 0.1) is 5.56 Å². The molecular weight excluding hydrogens is 180 g/mol. The Morgan fingerprint density at radius 3 is 2.64 bits per heavy atom. The summed E-state index contributed by atoms with van der Waals surface area (Å²) in [5.41, 5.74) is 13.5. The smallest absolute Gasteiger partial charge is 0.313 e. The lowest BCUT2D eigenvalue weighted by atomic mass is 10.1. The molecule has 0 aliphatic rings. The van der Waals surface area contributed by atoms with Gasteiger partial charge >= 0.3 is 6.01 Å². The van der Waals surface area contributed by atoms with Crippen molar-refractivity contribution in [3.63, 3.8) is 0 Å². The second-order valence-corrected chi connectivity index (χ2v) is 3.04. The van der Waals surface area contributed by atoms with Gasteiger partial charge in [-0.15, -0.1) is 5.10 Å². The summed E-state index contributed by atoms with van der Waals surface area (Å²) in [4.78, 5) is 0. The van der Waals surface area contributed by atoms with Gasteiger partial charge in [0.2, 0.25) is 0 Å². The molecule has 1 aromatic heterocycles.